The number of nitrogens with two attached hydrogens (primary N) is 1. The highest BCUT2D eigenvalue weighted by molar-refractivity contribution is 5.76. The van der Waals surface area contributed by atoms with Crippen molar-refractivity contribution in [3.63, 3.8) is 0 Å². The average molecular weight is 327 g/mol. The van der Waals surface area contributed by atoms with Gasteiger partial charge in [0.25, 0.3) is 0 Å². The van der Waals surface area contributed by atoms with Crippen LogP contribution in [0.25, 0.3) is 11.3 Å². The van der Waals surface area contributed by atoms with Gasteiger partial charge in [-0.2, -0.15) is 18.3 Å². The Morgan fingerprint density at radius 1 is 1.35 bits per heavy atom. The molecule has 0 spiro atoms. The van der Waals surface area contributed by atoms with Gasteiger partial charge in [-0.05, 0) is 30.2 Å². The summed E-state index contributed by atoms with van der Waals surface area (Å²) in [5.74, 6) is -0.535. The molecular formula is C15H16F3N3O2. The van der Waals surface area contributed by atoms with E-state index in [2.05, 4.69) is 10.2 Å². The molecule has 1 atom stereocenters. The van der Waals surface area contributed by atoms with Crippen molar-refractivity contribution in [3.05, 3.63) is 41.6 Å². The van der Waals surface area contributed by atoms with Gasteiger partial charge in [-0.25, -0.2) is 0 Å². The van der Waals surface area contributed by atoms with Gasteiger partial charge < -0.3 is 10.5 Å². The lowest BCUT2D eigenvalue weighted by atomic mass is 10.0. The maximum absolute atomic E-state index is 12.6. The van der Waals surface area contributed by atoms with Crippen LogP contribution in [-0.4, -0.2) is 28.8 Å². The number of carbonyl (C=O) groups excluding carboxylic acids is 1. The van der Waals surface area contributed by atoms with Crippen molar-refractivity contribution in [2.24, 2.45) is 5.73 Å². The normalized spacial score (nSPS) is 12.9. The van der Waals surface area contributed by atoms with Crippen LogP contribution < -0.4 is 5.73 Å². The SMILES string of the molecule is CCOC(=O)C(N)Cc1cn[nH]c1-c1ccc(C(F)(F)F)cc1. The van der Waals surface area contributed by atoms with Crippen molar-refractivity contribution in [1.29, 1.82) is 0 Å². The molecule has 3 N–H and O–H groups in total. The van der Waals surface area contributed by atoms with Crippen LogP contribution in [0, 0.1) is 0 Å². The van der Waals surface area contributed by atoms with E-state index in [9.17, 15) is 18.0 Å². The predicted molar refractivity (Wildman–Crippen MR) is 77.3 cm³/mol. The number of nitrogens with one attached hydrogen (secondary N) is 1. The van der Waals surface area contributed by atoms with E-state index in [1.807, 2.05) is 0 Å². The van der Waals surface area contributed by atoms with Crippen LogP contribution in [0.2, 0.25) is 0 Å². The zero-order valence-corrected chi connectivity index (χ0v) is 12.4. The van der Waals surface area contributed by atoms with Crippen molar-refractivity contribution in [1.82, 2.24) is 10.2 Å². The van der Waals surface area contributed by atoms with E-state index in [1.54, 1.807) is 6.92 Å². The van der Waals surface area contributed by atoms with Gasteiger partial charge in [0.15, 0.2) is 0 Å². The highest BCUT2D eigenvalue weighted by Gasteiger charge is 2.30. The minimum absolute atomic E-state index is 0.172. The quantitative estimate of drug-likeness (QED) is 0.827. The number of hydrogen-bond donors (Lipinski definition) is 2. The highest BCUT2D eigenvalue weighted by Crippen LogP contribution is 2.31. The van der Waals surface area contributed by atoms with Crippen molar-refractivity contribution < 1.29 is 22.7 Å². The first kappa shape index (κ1) is 17.0. The fourth-order valence-electron chi connectivity index (χ4n) is 2.11. The Bertz CT molecular complexity index is 665. The van der Waals surface area contributed by atoms with Crippen molar-refractivity contribution >= 4 is 5.97 Å². The molecule has 1 heterocycles. The summed E-state index contributed by atoms with van der Waals surface area (Å²) in [7, 11) is 0. The summed E-state index contributed by atoms with van der Waals surface area (Å²) >= 11 is 0. The van der Waals surface area contributed by atoms with Gasteiger partial charge in [0.05, 0.1) is 24.1 Å². The molecule has 0 saturated carbocycles. The third-order valence-electron chi connectivity index (χ3n) is 3.25. The van der Waals surface area contributed by atoms with Gasteiger partial charge in [0.1, 0.15) is 6.04 Å². The summed E-state index contributed by atoms with van der Waals surface area (Å²) in [6, 6.07) is 3.81. The van der Waals surface area contributed by atoms with E-state index >= 15 is 0 Å². The van der Waals surface area contributed by atoms with Crippen LogP contribution >= 0.6 is 0 Å². The first-order valence-corrected chi connectivity index (χ1v) is 6.95. The maximum Gasteiger partial charge on any atom is 0.416 e. The summed E-state index contributed by atoms with van der Waals surface area (Å²) in [5, 5.41) is 6.59. The van der Waals surface area contributed by atoms with Crippen LogP contribution in [0.15, 0.2) is 30.5 Å². The Kier molecular flexibility index (Phi) is 5.05. The molecule has 5 nitrogen and oxygen atoms in total. The monoisotopic (exact) mass is 327 g/mol. The molecule has 0 bridgehead atoms. The van der Waals surface area contributed by atoms with Crippen LogP contribution in [-0.2, 0) is 22.1 Å². The number of aromatic amines is 1. The van der Waals surface area contributed by atoms with Crippen LogP contribution in [0.1, 0.15) is 18.1 Å². The lowest BCUT2D eigenvalue weighted by molar-refractivity contribution is -0.144. The molecule has 0 radical (unpaired) electrons. The minimum atomic E-state index is -4.39. The number of benzene rings is 1. The number of carbonyl (C=O) groups is 1. The van der Waals surface area contributed by atoms with Gasteiger partial charge in [-0.1, -0.05) is 12.1 Å². The molecule has 0 aliphatic heterocycles. The Balaban J connectivity index is 2.19. The zero-order chi connectivity index (χ0) is 17.0. The molecule has 1 aromatic carbocycles. The molecule has 2 rings (SSSR count). The van der Waals surface area contributed by atoms with Gasteiger partial charge in [-0.3, -0.25) is 9.89 Å². The third-order valence-corrected chi connectivity index (χ3v) is 3.25. The molecule has 2 aromatic rings. The van der Waals surface area contributed by atoms with E-state index in [0.717, 1.165) is 12.1 Å². The summed E-state index contributed by atoms with van der Waals surface area (Å²) in [6.07, 6.45) is -2.72. The van der Waals surface area contributed by atoms with E-state index in [-0.39, 0.29) is 13.0 Å². The fraction of sp³-hybridized carbons (Fsp3) is 0.333. The number of H-pyrrole nitrogens is 1. The first-order chi connectivity index (χ1) is 10.8. The number of hydrogen-bond acceptors (Lipinski definition) is 4. The molecule has 0 saturated heterocycles. The molecular weight excluding hydrogens is 311 g/mol. The molecule has 0 aliphatic rings. The molecule has 8 heteroatoms. The first-order valence-electron chi connectivity index (χ1n) is 6.95. The van der Waals surface area contributed by atoms with Gasteiger partial charge in [0, 0.05) is 6.42 Å². The number of alkyl halides is 3. The number of esters is 1. The summed E-state index contributed by atoms with van der Waals surface area (Å²) in [4.78, 5) is 11.6. The van der Waals surface area contributed by atoms with E-state index in [4.69, 9.17) is 10.5 Å². The fourth-order valence-corrected chi connectivity index (χ4v) is 2.11. The molecule has 0 amide bonds. The predicted octanol–water partition coefficient (Wildman–Crippen LogP) is 2.53. The average Bonchev–Trinajstić information content (AvgIpc) is 2.94. The number of aromatic nitrogens is 2. The largest absolute Gasteiger partial charge is 0.465 e. The molecule has 23 heavy (non-hydrogen) atoms. The topological polar surface area (TPSA) is 81.0 Å². The van der Waals surface area contributed by atoms with Crippen molar-refractivity contribution in [2.45, 2.75) is 25.6 Å². The molecule has 124 valence electrons. The van der Waals surface area contributed by atoms with Crippen LogP contribution in [0.3, 0.4) is 0 Å². The minimum Gasteiger partial charge on any atom is -0.465 e. The number of halogens is 3. The number of nitrogens with zero attached hydrogens (tertiary/aromatic N) is 1. The Morgan fingerprint density at radius 2 is 2.00 bits per heavy atom. The second-order valence-corrected chi connectivity index (χ2v) is 4.91. The highest BCUT2D eigenvalue weighted by atomic mass is 19.4. The number of rotatable bonds is 5. The van der Waals surface area contributed by atoms with Gasteiger partial charge >= 0.3 is 12.1 Å². The van der Waals surface area contributed by atoms with Gasteiger partial charge in [0.2, 0.25) is 0 Å². The number of ether oxygens (including phenoxy) is 1. The molecule has 0 aliphatic carbocycles. The standard InChI is InChI=1S/C15H16F3N3O2/c1-2-23-14(22)12(19)7-10-8-20-21-13(10)9-3-5-11(6-4-9)15(16,17)18/h3-6,8,12H,2,7,19H2,1H3,(H,20,21). The Labute approximate surface area is 130 Å². The van der Waals surface area contributed by atoms with E-state index < -0.39 is 23.8 Å². The second kappa shape index (κ2) is 6.82. The van der Waals surface area contributed by atoms with Crippen molar-refractivity contribution in [3.8, 4) is 11.3 Å². The second-order valence-electron chi connectivity index (χ2n) is 4.91. The molecule has 1 aromatic heterocycles. The Morgan fingerprint density at radius 3 is 2.57 bits per heavy atom. The summed E-state index contributed by atoms with van der Waals surface area (Å²) < 4.78 is 42.6. The molecule has 0 fully saturated rings. The zero-order valence-electron chi connectivity index (χ0n) is 12.4. The maximum atomic E-state index is 12.6. The smallest absolute Gasteiger partial charge is 0.416 e. The summed E-state index contributed by atoms with van der Waals surface area (Å²) in [6.45, 7) is 1.90. The summed E-state index contributed by atoms with van der Waals surface area (Å²) in [5.41, 5.74) is 6.71. The van der Waals surface area contributed by atoms with E-state index in [1.165, 1.54) is 18.3 Å². The lowest BCUT2D eigenvalue weighted by Gasteiger charge is -2.11. The van der Waals surface area contributed by atoms with Crippen LogP contribution in [0.5, 0.6) is 0 Å². The third kappa shape index (κ3) is 4.10. The molecule has 1 unspecified atom stereocenters. The van der Waals surface area contributed by atoms with Crippen LogP contribution in [0.4, 0.5) is 13.2 Å². The van der Waals surface area contributed by atoms with Gasteiger partial charge in [-0.15, -0.1) is 0 Å². The van der Waals surface area contributed by atoms with E-state index in [0.29, 0.717) is 16.8 Å². The Hall–Kier alpha value is -2.35. The lowest BCUT2D eigenvalue weighted by Crippen LogP contribution is -2.34. The van der Waals surface area contributed by atoms with Crippen molar-refractivity contribution in [2.75, 3.05) is 6.61 Å².